The second-order valence-corrected chi connectivity index (χ2v) is 21.5. The quantitative estimate of drug-likeness (QED) is 0.0411. The van der Waals surface area contributed by atoms with Crippen LogP contribution in [0.25, 0.3) is 0 Å². The second kappa shape index (κ2) is 24.8. The normalized spacial score (nSPS) is 12.8. The van der Waals surface area contributed by atoms with Crippen molar-refractivity contribution < 1.29 is 57.3 Å². The van der Waals surface area contributed by atoms with Crippen molar-refractivity contribution in [2.75, 3.05) is 22.1 Å². The molecule has 4 N–H and O–H groups in total. The summed E-state index contributed by atoms with van der Waals surface area (Å²) in [5.74, 6) is -3.01. The molecule has 2 rings (SSSR count). The number of anilines is 2. The maximum absolute atomic E-state index is 13.1. The number of ether oxygens (including phenoxy) is 4. The van der Waals surface area contributed by atoms with E-state index < -0.39 is 70.2 Å². The van der Waals surface area contributed by atoms with E-state index in [4.69, 9.17) is 18.9 Å². The van der Waals surface area contributed by atoms with Crippen molar-refractivity contribution in [3.8, 4) is 0 Å². The van der Waals surface area contributed by atoms with Gasteiger partial charge in [0.2, 0.25) is 11.8 Å². The fraction of sp³-hybridized carbons (Fsp3) is 0.565. The van der Waals surface area contributed by atoms with Crippen LogP contribution in [0.1, 0.15) is 142 Å². The van der Waals surface area contributed by atoms with Crippen LogP contribution in [0, 0.1) is 0 Å². The molecule has 0 heterocycles. The SMILES string of the molecule is CC(C)(C)OC(=O)CC[C@H](NC(=O)c1ccc(NC(=O)CCSSCCC(=O)Nc2ccc(C(=O)N[C@@H](CCC(=O)OC(C)(C)C)C(=O)OC(C)(C)C)cc2)cc1)C(=O)OC(C)(C)C. The van der Waals surface area contributed by atoms with Gasteiger partial charge in [-0.05, 0) is 144 Å². The summed E-state index contributed by atoms with van der Waals surface area (Å²) in [6, 6.07) is 10.1. The van der Waals surface area contributed by atoms with E-state index >= 15 is 0 Å². The van der Waals surface area contributed by atoms with Crippen molar-refractivity contribution in [3.05, 3.63) is 59.7 Å². The van der Waals surface area contributed by atoms with E-state index in [1.165, 1.54) is 45.9 Å². The summed E-state index contributed by atoms with van der Waals surface area (Å²) in [5.41, 5.74) is -1.60. The van der Waals surface area contributed by atoms with Gasteiger partial charge in [0.15, 0.2) is 0 Å². The van der Waals surface area contributed by atoms with E-state index in [2.05, 4.69) is 21.3 Å². The van der Waals surface area contributed by atoms with Crippen LogP contribution in [-0.2, 0) is 47.7 Å². The molecule has 0 spiro atoms. The molecular formula is C46H66N4O12S2. The summed E-state index contributed by atoms with van der Waals surface area (Å²) in [7, 11) is 2.88. The first kappa shape index (κ1) is 55.0. The first-order valence-corrected chi connectivity index (χ1v) is 23.5. The molecule has 2 aromatic carbocycles. The van der Waals surface area contributed by atoms with Crippen LogP contribution in [0.2, 0.25) is 0 Å². The van der Waals surface area contributed by atoms with E-state index in [-0.39, 0.29) is 61.5 Å². The Morgan fingerprint density at radius 2 is 0.750 bits per heavy atom. The highest BCUT2D eigenvalue weighted by Gasteiger charge is 2.30. The minimum atomic E-state index is -1.09. The van der Waals surface area contributed by atoms with Gasteiger partial charge in [-0.15, -0.1) is 0 Å². The number of esters is 4. The minimum absolute atomic E-state index is 0.0183. The molecular weight excluding hydrogens is 865 g/mol. The molecule has 64 heavy (non-hydrogen) atoms. The van der Waals surface area contributed by atoms with Gasteiger partial charge in [-0.25, -0.2) is 9.59 Å². The lowest BCUT2D eigenvalue weighted by atomic mass is 10.1. The molecule has 0 aliphatic carbocycles. The van der Waals surface area contributed by atoms with Crippen molar-refractivity contribution in [1.29, 1.82) is 0 Å². The third kappa shape index (κ3) is 24.1. The topological polar surface area (TPSA) is 222 Å². The van der Waals surface area contributed by atoms with Crippen LogP contribution >= 0.6 is 21.6 Å². The zero-order valence-corrected chi connectivity index (χ0v) is 40.8. The largest absolute Gasteiger partial charge is 0.460 e. The number of hydrogen-bond acceptors (Lipinski definition) is 14. The molecule has 0 saturated heterocycles. The highest BCUT2D eigenvalue weighted by molar-refractivity contribution is 8.76. The fourth-order valence-electron chi connectivity index (χ4n) is 5.28. The van der Waals surface area contributed by atoms with E-state index in [1.807, 2.05) is 0 Å². The molecule has 2 aromatic rings. The fourth-order valence-corrected chi connectivity index (χ4v) is 7.26. The Balaban J connectivity index is 1.79. The summed E-state index contributed by atoms with van der Waals surface area (Å²) in [6.45, 7) is 20.6. The zero-order valence-electron chi connectivity index (χ0n) is 39.1. The van der Waals surface area contributed by atoms with Gasteiger partial charge >= 0.3 is 23.9 Å². The van der Waals surface area contributed by atoms with Gasteiger partial charge in [0.05, 0.1) is 0 Å². The van der Waals surface area contributed by atoms with Gasteiger partial charge < -0.3 is 40.2 Å². The number of amides is 4. The van der Waals surface area contributed by atoms with Crippen LogP contribution in [0.3, 0.4) is 0 Å². The molecule has 4 amide bonds. The zero-order chi connectivity index (χ0) is 48.5. The Morgan fingerprint density at radius 3 is 1.03 bits per heavy atom. The summed E-state index contributed by atoms with van der Waals surface area (Å²) in [5, 5.41) is 10.9. The maximum atomic E-state index is 13.1. The molecule has 0 aromatic heterocycles. The molecule has 0 fully saturated rings. The predicted molar refractivity (Wildman–Crippen MR) is 249 cm³/mol. The second-order valence-electron chi connectivity index (χ2n) is 18.8. The summed E-state index contributed by atoms with van der Waals surface area (Å²) in [6.07, 6.45) is 0.145. The molecule has 0 saturated carbocycles. The van der Waals surface area contributed by atoms with Gasteiger partial charge in [-0.2, -0.15) is 0 Å². The van der Waals surface area contributed by atoms with Gasteiger partial charge in [0.25, 0.3) is 11.8 Å². The van der Waals surface area contributed by atoms with Crippen LogP contribution in [0.15, 0.2) is 48.5 Å². The molecule has 0 unspecified atom stereocenters. The van der Waals surface area contributed by atoms with E-state index in [9.17, 15) is 38.4 Å². The Kier molecular flexibility index (Phi) is 21.3. The highest BCUT2D eigenvalue weighted by atomic mass is 33.1. The first-order valence-electron chi connectivity index (χ1n) is 21.0. The third-order valence-electron chi connectivity index (χ3n) is 7.88. The Hall–Kier alpha value is -5.10. The lowest BCUT2D eigenvalue weighted by Gasteiger charge is -2.25. The number of hydrogen-bond donors (Lipinski definition) is 4. The Morgan fingerprint density at radius 1 is 0.453 bits per heavy atom. The molecule has 0 aliphatic heterocycles. The molecule has 0 radical (unpaired) electrons. The van der Waals surface area contributed by atoms with Crippen molar-refractivity contribution in [3.63, 3.8) is 0 Å². The number of benzene rings is 2. The van der Waals surface area contributed by atoms with Gasteiger partial charge in [-0.1, -0.05) is 21.6 Å². The standard InChI is InChI=1S/C46H66N4O12S2/c1-43(2,3)59-37(53)23-21-33(41(57)61-45(7,8)9)49-39(55)29-13-17-31(18-14-29)47-35(51)25-27-63-64-28-26-36(52)48-32-19-15-30(16-20-32)40(56)50-34(42(58)62-46(10,11)12)22-24-38(54)60-44(4,5)6/h13-20,33-34H,21-28H2,1-12H3,(H,47,51)(H,48,52)(H,49,55)(H,50,56)/t33-,34-/m0/s1. The molecule has 2 atom stereocenters. The monoisotopic (exact) mass is 930 g/mol. The molecule has 18 heteroatoms. The van der Waals surface area contributed by atoms with Gasteiger partial charge in [-0.3, -0.25) is 28.8 Å². The predicted octanol–water partition coefficient (Wildman–Crippen LogP) is 7.55. The Labute approximate surface area is 384 Å². The van der Waals surface area contributed by atoms with Crippen LogP contribution < -0.4 is 21.3 Å². The third-order valence-corrected chi connectivity index (χ3v) is 10.3. The average Bonchev–Trinajstić information content (AvgIpc) is 3.13. The molecule has 16 nitrogen and oxygen atoms in total. The number of carbonyl (C=O) groups is 8. The first-order chi connectivity index (χ1) is 29.5. The van der Waals surface area contributed by atoms with Crippen LogP contribution in [0.5, 0.6) is 0 Å². The van der Waals surface area contributed by atoms with Crippen molar-refractivity contribution in [2.24, 2.45) is 0 Å². The highest BCUT2D eigenvalue weighted by Crippen LogP contribution is 2.24. The molecule has 0 bridgehead atoms. The van der Waals surface area contributed by atoms with E-state index in [0.29, 0.717) is 22.9 Å². The lowest BCUT2D eigenvalue weighted by molar-refractivity contribution is -0.160. The molecule has 354 valence electrons. The van der Waals surface area contributed by atoms with Crippen molar-refractivity contribution >= 4 is 80.5 Å². The number of rotatable bonds is 21. The van der Waals surface area contributed by atoms with Crippen LogP contribution in [-0.4, -0.2) is 93.5 Å². The van der Waals surface area contributed by atoms with Crippen LogP contribution in [0.4, 0.5) is 11.4 Å². The van der Waals surface area contributed by atoms with E-state index in [0.717, 1.165) is 0 Å². The van der Waals surface area contributed by atoms with E-state index in [1.54, 1.807) is 107 Å². The molecule has 0 aliphatic rings. The summed E-state index contributed by atoms with van der Waals surface area (Å²) < 4.78 is 21.6. The maximum Gasteiger partial charge on any atom is 0.329 e. The lowest BCUT2D eigenvalue weighted by Crippen LogP contribution is -2.44. The smallest absolute Gasteiger partial charge is 0.329 e. The Bertz CT molecular complexity index is 1790. The number of nitrogens with one attached hydrogen (secondary N) is 4. The summed E-state index contributed by atoms with van der Waals surface area (Å²) in [4.78, 5) is 102. The van der Waals surface area contributed by atoms with Crippen molar-refractivity contribution in [1.82, 2.24) is 10.6 Å². The summed E-state index contributed by atoms with van der Waals surface area (Å²) >= 11 is 0. The van der Waals surface area contributed by atoms with Gasteiger partial charge in [0, 0.05) is 59.7 Å². The van der Waals surface area contributed by atoms with Gasteiger partial charge in [0.1, 0.15) is 34.5 Å². The number of carbonyl (C=O) groups excluding carboxylic acids is 8. The minimum Gasteiger partial charge on any atom is -0.460 e. The average molecular weight is 931 g/mol. The van der Waals surface area contributed by atoms with Crippen molar-refractivity contribution in [2.45, 2.75) is 156 Å².